The van der Waals surface area contributed by atoms with Crippen molar-refractivity contribution in [3.8, 4) is 5.75 Å². The van der Waals surface area contributed by atoms with Gasteiger partial charge < -0.3 is 25.6 Å². The first-order valence-electron chi connectivity index (χ1n) is 15.0. The Balaban J connectivity index is 0.000000242. The molecule has 0 unspecified atom stereocenters. The van der Waals surface area contributed by atoms with Crippen LogP contribution in [0, 0.1) is 11.8 Å². The quantitative estimate of drug-likeness (QED) is 0.240. The molecule has 0 saturated carbocycles. The highest BCUT2D eigenvalue weighted by Gasteiger charge is 2.33. The number of piperidine rings is 2. The second-order valence-electron chi connectivity index (χ2n) is 11.6. The Kier molecular flexibility index (Phi) is 11.4. The summed E-state index contributed by atoms with van der Waals surface area (Å²) in [4.78, 5) is 41.9. The summed E-state index contributed by atoms with van der Waals surface area (Å²) >= 11 is 0. The zero-order chi connectivity index (χ0) is 32.6. The minimum atomic E-state index is -4.91. The number of halogens is 3. The van der Waals surface area contributed by atoms with E-state index in [0.29, 0.717) is 16.9 Å². The molecule has 0 spiro atoms. The van der Waals surface area contributed by atoms with Crippen LogP contribution in [0.25, 0.3) is 0 Å². The van der Waals surface area contributed by atoms with Crippen LogP contribution in [0.5, 0.6) is 5.75 Å². The molecule has 0 bridgehead atoms. The van der Waals surface area contributed by atoms with E-state index in [1.807, 2.05) is 25.2 Å². The number of ether oxygens (including phenoxy) is 1. The molecule has 3 aromatic rings. The van der Waals surface area contributed by atoms with Gasteiger partial charge in [-0.15, -0.1) is 13.2 Å². The summed E-state index contributed by atoms with van der Waals surface area (Å²) in [6.07, 6.45) is -1.44. The average molecular weight is 625 g/mol. The highest BCUT2D eigenvalue weighted by Crippen LogP contribution is 2.28. The highest BCUT2D eigenvalue weighted by molar-refractivity contribution is 6.07. The van der Waals surface area contributed by atoms with Gasteiger partial charge in [0.25, 0.3) is 5.91 Å². The summed E-state index contributed by atoms with van der Waals surface area (Å²) in [7, 11) is 4.11. The van der Waals surface area contributed by atoms with Gasteiger partial charge in [-0.05, 0) is 102 Å². The molecule has 2 fully saturated rings. The number of nitrogens with zero attached hydrogens (tertiary/aromatic N) is 2. The molecule has 2 saturated heterocycles. The third-order valence-electron chi connectivity index (χ3n) is 8.11. The van der Waals surface area contributed by atoms with Gasteiger partial charge in [0.05, 0.1) is 5.56 Å². The van der Waals surface area contributed by atoms with Gasteiger partial charge in [0, 0.05) is 34.3 Å². The van der Waals surface area contributed by atoms with Gasteiger partial charge in [-0.3, -0.25) is 14.4 Å². The third-order valence-corrected chi connectivity index (χ3v) is 8.11. The van der Waals surface area contributed by atoms with Crippen LogP contribution in [0.4, 0.5) is 24.5 Å². The zero-order valence-corrected chi connectivity index (χ0v) is 25.5. The molecule has 45 heavy (non-hydrogen) atoms. The van der Waals surface area contributed by atoms with Crippen molar-refractivity contribution >= 4 is 28.8 Å². The second-order valence-corrected chi connectivity index (χ2v) is 11.6. The number of rotatable bonds is 7. The Morgan fingerprint density at radius 3 is 1.80 bits per heavy atom. The van der Waals surface area contributed by atoms with E-state index in [4.69, 9.17) is 5.73 Å². The van der Waals surface area contributed by atoms with Crippen molar-refractivity contribution in [3.05, 3.63) is 89.5 Å². The van der Waals surface area contributed by atoms with E-state index >= 15 is 0 Å². The molecule has 2 heterocycles. The molecule has 0 atom stereocenters. The fraction of sp³-hybridized carbons (Fsp3) is 0.382. The van der Waals surface area contributed by atoms with Crippen molar-refractivity contribution in [1.82, 2.24) is 9.80 Å². The first-order chi connectivity index (χ1) is 21.4. The van der Waals surface area contributed by atoms with E-state index < -0.39 is 18.0 Å². The highest BCUT2D eigenvalue weighted by atomic mass is 19.4. The third kappa shape index (κ3) is 9.89. The van der Waals surface area contributed by atoms with Crippen LogP contribution in [0.2, 0.25) is 0 Å². The topological polar surface area (TPSA) is 105 Å². The number of likely N-dealkylation sites (tertiary alicyclic amines) is 2. The summed E-state index contributed by atoms with van der Waals surface area (Å²) in [5.41, 5.74) is 7.66. The summed E-state index contributed by atoms with van der Waals surface area (Å²) in [5.74, 6) is -0.976. The predicted molar refractivity (Wildman–Crippen MR) is 167 cm³/mol. The Hall–Kier alpha value is -4.22. The van der Waals surface area contributed by atoms with Crippen LogP contribution in [0.15, 0.2) is 72.8 Å². The molecule has 0 aromatic heterocycles. The summed E-state index contributed by atoms with van der Waals surface area (Å²) in [6.45, 7) is 3.73. The lowest BCUT2D eigenvalue weighted by Crippen LogP contribution is -2.33. The lowest BCUT2D eigenvalue weighted by atomic mass is 9.89. The largest absolute Gasteiger partial charge is 0.573 e. The molecule has 2 aliphatic rings. The molecule has 1 amide bonds. The molecule has 3 N–H and O–H groups in total. The van der Waals surface area contributed by atoms with Crippen molar-refractivity contribution in [2.45, 2.75) is 32.0 Å². The molecule has 11 heteroatoms. The van der Waals surface area contributed by atoms with Crippen molar-refractivity contribution in [2.75, 3.05) is 51.3 Å². The number of hydrogen-bond donors (Lipinski definition) is 2. The predicted octanol–water partition coefficient (Wildman–Crippen LogP) is 6.16. The number of carbonyl (C=O) groups excluding carboxylic acids is 3. The number of amides is 1. The fourth-order valence-corrected chi connectivity index (χ4v) is 5.52. The molecule has 240 valence electrons. The van der Waals surface area contributed by atoms with Gasteiger partial charge in [0.15, 0.2) is 11.6 Å². The lowest BCUT2D eigenvalue weighted by Gasteiger charge is -2.28. The monoisotopic (exact) mass is 624 g/mol. The number of benzene rings is 3. The standard InChI is InChI=1S/C21H21F3N2O3.C13H18N2O/c1-26-11-9-14(10-12-26)19(27)15-5-4-6-16(13-15)25-20(28)17-7-2-3-8-18(17)29-21(22,23)24;1-15-7-5-10(6-8-15)13(16)11-3-2-4-12(14)9-11/h2-8,13-14H,9-12H2,1H3,(H,25,28);2-4,9-10H,5-8,14H2,1H3. The molecule has 5 rings (SSSR count). The zero-order valence-electron chi connectivity index (χ0n) is 25.5. The Bertz CT molecular complexity index is 1480. The van der Waals surface area contributed by atoms with E-state index in [1.54, 1.807) is 30.3 Å². The van der Waals surface area contributed by atoms with Crippen LogP contribution >= 0.6 is 0 Å². The smallest absolute Gasteiger partial charge is 0.405 e. The Morgan fingerprint density at radius 2 is 1.27 bits per heavy atom. The minimum absolute atomic E-state index is 0.00926. The number of para-hydroxylation sites is 1. The van der Waals surface area contributed by atoms with E-state index in [0.717, 1.165) is 63.5 Å². The van der Waals surface area contributed by atoms with Gasteiger partial charge in [-0.2, -0.15) is 0 Å². The average Bonchev–Trinajstić information content (AvgIpc) is 3.01. The molecule has 8 nitrogen and oxygen atoms in total. The molecule has 0 radical (unpaired) electrons. The van der Waals surface area contributed by atoms with Crippen molar-refractivity contribution in [3.63, 3.8) is 0 Å². The Labute approximate surface area is 261 Å². The van der Waals surface area contributed by atoms with Crippen LogP contribution in [-0.4, -0.2) is 73.9 Å². The first-order valence-corrected chi connectivity index (χ1v) is 15.0. The van der Waals surface area contributed by atoms with Crippen molar-refractivity contribution in [2.24, 2.45) is 11.8 Å². The van der Waals surface area contributed by atoms with Crippen LogP contribution < -0.4 is 15.8 Å². The van der Waals surface area contributed by atoms with Crippen molar-refractivity contribution < 1.29 is 32.3 Å². The van der Waals surface area contributed by atoms with Crippen molar-refractivity contribution in [1.29, 1.82) is 0 Å². The molecular weight excluding hydrogens is 585 g/mol. The number of nitrogens with one attached hydrogen (secondary N) is 1. The van der Waals surface area contributed by atoms with Gasteiger partial charge in [-0.1, -0.05) is 36.4 Å². The maximum Gasteiger partial charge on any atom is 0.573 e. The number of alkyl halides is 3. The van der Waals surface area contributed by atoms with Gasteiger partial charge in [0.1, 0.15) is 5.75 Å². The summed E-state index contributed by atoms with van der Waals surface area (Å²) in [5, 5.41) is 2.54. The van der Waals surface area contributed by atoms with Gasteiger partial charge in [0.2, 0.25) is 0 Å². The molecule has 3 aromatic carbocycles. The van der Waals surface area contributed by atoms with E-state index in [9.17, 15) is 27.6 Å². The Morgan fingerprint density at radius 1 is 0.756 bits per heavy atom. The number of carbonyl (C=O) groups is 3. The molecule has 2 aliphatic heterocycles. The van der Waals surface area contributed by atoms with Gasteiger partial charge >= 0.3 is 6.36 Å². The number of hydrogen-bond acceptors (Lipinski definition) is 7. The lowest BCUT2D eigenvalue weighted by molar-refractivity contribution is -0.274. The minimum Gasteiger partial charge on any atom is -0.405 e. The van der Waals surface area contributed by atoms with Crippen LogP contribution in [0.3, 0.4) is 0 Å². The summed E-state index contributed by atoms with van der Waals surface area (Å²) < 4.78 is 41.6. The van der Waals surface area contributed by atoms with Crippen LogP contribution in [-0.2, 0) is 0 Å². The van der Waals surface area contributed by atoms with E-state index in [-0.39, 0.29) is 29.0 Å². The van der Waals surface area contributed by atoms with Gasteiger partial charge in [-0.25, -0.2) is 0 Å². The first kappa shape index (κ1) is 33.7. The number of ketones is 2. The molecular formula is C34H39F3N4O4. The van der Waals surface area contributed by atoms with E-state index in [1.165, 1.54) is 18.2 Å². The number of nitrogens with two attached hydrogens (primary N) is 1. The summed E-state index contributed by atoms with van der Waals surface area (Å²) in [6, 6.07) is 18.8. The number of nitrogen functional groups attached to an aromatic ring is 1. The normalized spacial score (nSPS) is 16.7. The molecule has 0 aliphatic carbocycles. The number of anilines is 2. The van der Waals surface area contributed by atoms with E-state index in [2.05, 4.69) is 26.9 Å². The number of Topliss-reactive ketones (excluding diaryl/α,β-unsaturated/α-hetero) is 2. The van der Waals surface area contributed by atoms with Crippen LogP contribution in [0.1, 0.15) is 56.8 Å². The SMILES string of the molecule is CN1CCC(C(=O)c2cccc(N)c2)CC1.CN1CCC(C(=O)c2cccc(NC(=O)c3ccccc3OC(F)(F)F)c2)CC1. The maximum atomic E-state index is 12.7. The fourth-order valence-electron chi connectivity index (χ4n) is 5.52. The maximum absolute atomic E-state index is 12.7. The second kappa shape index (κ2) is 15.2.